The normalized spacial score (nSPS) is 15.5. The lowest BCUT2D eigenvalue weighted by Gasteiger charge is -2.19. The molecule has 1 aromatic rings. The van der Waals surface area contributed by atoms with Crippen LogP contribution in [0.25, 0.3) is 0 Å². The van der Waals surface area contributed by atoms with Crippen LogP contribution < -0.4 is 16.4 Å². The highest BCUT2D eigenvalue weighted by atomic mass is 16.2. The summed E-state index contributed by atoms with van der Waals surface area (Å²) in [6.07, 6.45) is 1.84. The molecule has 0 spiro atoms. The Morgan fingerprint density at radius 1 is 1.40 bits per heavy atom. The Kier molecular flexibility index (Phi) is 4.39. The summed E-state index contributed by atoms with van der Waals surface area (Å²) < 4.78 is 0. The van der Waals surface area contributed by atoms with E-state index in [2.05, 4.69) is 10.6 Å². The molecule has 2 amide bonds. The van der Waals surface area contributed by atoms with Crippen molar-refractivity contribution in [2.75, 3.05) is 10.6 Å². The summed E-state index contributed by atoms with van der Waals surface area (Å²) in [4.78, 5) is 23.2. The van der Waals surface area contributed by atoms with Crippen LogP contribution in [0.4, 0.5) is 11.4 Å². The molecule has 4 N–H and O–H groups in total. The molecule has 1 atom stereocenters. The first-order valence-corrected chi connectivity index (χ1v) is 6.95. The second-order valence-corrected chi connectivity index (χ2v) is 5.65. The smallest absolute Gasteiger partial charge is 0.241 e. The van der Waals surface area contributed by atoms with Gasteiger partial charge in [0.2, 0.25) is 11.8 Å². The first kappa shape index (κ1) is 14.5. The Bertz CT molecular complexity index is 526. The Hall–Kier alpha value is -1.88. The number of hydrogen-bond acceptors (Lipinski definition) is 3. The average Bonchev–Trinajstić information content (AvgIpc) is 2.38. The molecule has 5 nitrogen and oxygen atoms in total. The number of carbonyl (C=O) groups is 2. The summed E-state index contributed by atoms with van der Waals surface area (Å²) in [5.41, 5.74) is 8.45. The second kappa shape index (κ2) is 6.05. The molecule has 108 valence electrons. The molecular formula is C15H21N3O2. The van der Waals surface area contributed by atoms with E-state index in [0.717, 1.165) is 16.9 Å². The van der Waals surface area contributed by atoms with Gasteiger partial charge < -0.3 is 16.4 Å². The van der Waals surface area contributed by atoms with Crippen LogP contribution in [0.5, 0.6) is 0 Å². The predicted octanol–water partition coefficient (Wildman–Crippen LogP) is 1.88. The molecule has 1 aromatic carbocycles. The van der Waals surface area contributed by atoms with E-state index >= 15 is 0 Å². The molecule has 20 heavy (non-hydrogen) atoms. The van der Waals surface area contributed by atoms with Crippen LogP contribution in [0.1, 0.15) is 32.3 Å². The van der Waals surface area contributed by atoms with E-state index in [1.54, 1.807) is 6.07 Å². The van der Waals surface area contributed by atoms with Crippen molar-refractivity contribution in [2.24, 2.45) is 11.7 Å². The van der Waals surface area contributed by atoms with Gasteiger partial charge >= 0.3 is 0 Å². The maximum atomic E-state index is 12.0. The fourth-order valence-electron chi connectivity index (χ4n) is 2.31. The van der Waals surface area contributed by atoms with E-state index in [-0.39, 0.29) is 11.8 Å². The van der Waals surface area contributed by atoms with Gasteiger partial charge in [-0.15, -0.1) is 0 Å². The summed E-state index contributed by atoms with van der Waals surface area (Å²) in [5, 5.41) is 5.64. The molecule has 1 aliphatic rings. The first-order valence-electron chi connectivity index (χ1n) is 6.95. The van der Waals surface area contributed by atoms with Crippen LogP contribution in [-0.4, -0.2) is 17.9 Å². The summed E-state index contributed by atoms with van der Waals surface area (Å²) in [6, 6.07) is 5.00. The van der Waals surface area contributed by atoms with Crippen molar-refractivity contribution in [3.8, 4) is 0 Å². The van der Waals surface area contributed by atoms with Crippen LogP contribution in [-0.2, 0) is 16.0 Å². The lowest BCUT2D eigenvalue weighted by molar-refractivity contribution is -0.118. The molecule has 0 aromatic heterocycles. The zero-order valence-electron chi connectivity index (χ0n) is 11.9. The lowest BCUT2D eigenvalue weighted by Crippen LogP contribution is -2.36. The number of nitrogens with two attached hydrogens (primary N) is 1. The molecular weight excluding hydrogens is 254 g/mol. The molecule has 5 heteroatoms. The van der Waals surface area contributed by atoms with Gasteiger partial charge in [-0.1, -0.05) is 13.8 Å². The highest BCUT2D eigenvalue weighted by molar-refractivity contribution is 5.97. The van der Waals surface area contributed by atoms with Crippen LogP contribution in [0, 0.1) is 5.92 Å². The second-order valence-electron chi connectivity index (χ2n) is 5.65. The van der Waals surface area contributed by atoms with E-state index in [1.165, 1.54) is 0 Å². The zero-order valence-corrected chi connectivity index (χ0v) is 11.9. The summed E-state index contributed by atoms with van der Waals surface area (Å²) in [6.45, 7) is 4.07. The Balaban J connectivity index is 2.03. The van der Waals surface area contributed by atoms with Gasteiger partial charge in [-0.2, -0.15) is 0 Å². The summed E-state index contributed by atoms with van der Waals surface area (Å²) in [5.74, 6) is 0.251. The number of amides is 2. The van der Waals surface area contributed by atoms with Gasteiger partial charge in [0.1, 0.15) is 0 Å². The van der Waals surface area contributed by atoms with Gasteiger partial charge in [0.25, 0.3) is 0 Å². The average molecular weight is 275 g/mol. The summed E-state index contributed by atoms with van der Waals surface area (Å²) in [7, 11) is 0. The van der Waals surface area contributed by atoms with Gasteiger partial charge in [0.15, 0.2) is 0 Å². The summed E-state index contributed by atoms with van der Waals surface area (Å²) >= 11 is 0. The van der Waals surface area contributed by atoms with E-state index in [4.69, 9.17) is 5.73 Å². The minimum Gasteiger partial charge on any atom is -0.326 e. The van der Waals surface area contributed by atoms with Crippen molar-refractivity contribution >= 4 is 23.2 Å². The molecule has 0 saturated carbocycles. The minimum absolute atomic E-state index is 0.0354. The number of fused-ring (bicyclic) bond motifs is 1. The molecule has 1 unspecified atom stereocenters. The monoisotopic (exact) mass is 275 g/mol. The topological polar surface area (TPSA) is 84.2 Å². The molecule has 0 aliphatic carbocycles. The number of nitrogens with one attached hydrogen (secondary N) is 2. The SMILES string of the molecule is CC(C)CC(N)C(=O)Nc1ccc2c(c1)CCC(=O)N2. The molecule has 0 bridgehead atoms. The number of anilines is 2. The zero-order chi connectivity index (χ0) is 14.7. The van der Waals surface area contributed by atoms with Crippen LogP contribution in [0.15, 0.2) is 18.2 Å². The van der Waals surface area contributed by atoms with Gasteiger partial charge in [-0.05, 0) is 42.5 Å². The largest absolute Gasteiger partial charge is 0.326 e. The molecule has 2 rings (SSSR count). The third kappa shape index (κ3) is 3.57. The molecule has 0 radical (unpaired) electrons. The van der Waals surface area contributed by atoms with Gasteiger partial charge in [-0.3, -0.25) is 9.59 Å². The third-order valence-electron chi connectivity index (χ3n) is 3.33. The van der Waals surface area contributed by atoms with Crippen LogP contribution in [0.3, 0.4) is 0 Å². The van der Waals surface area contributed by atoms with Gasteiger partial charge in [-0.25, -0.2) is 0 Å². The standard InChI is InChI=1S/C15H21N3O2/c1-9(2)7-12(16)15(20)17-11-4-5-13-10(8-11)3-6-14(19)18-13/h4-5,8-9,12H,3,6-7,16H2,1-2H3,(H,17,20)(H,18,19). The third-order valence-corrected chi connectivity index (χ3v) is 3.33. The fourth-order valence-corrected chi connectivity index (χ4v) is 2.31. The van der Waals surface area contributed by atoms with E-state index in [0.29, 0.717) is 25.2 Å². The van der Waals surface area contributed by atoms with E-state index < -0.39 is 6.04 Å². The van der Waals surface area contributed by atoms with Crippen molar-refractivity contribution in [1.82, 2.24) is 0 Å². The van der Waals surface area contributed by atoms with Gasteiger partial charge in [0.05, 0.1) is 6.04 Å². The fraction of sp³-hybridized carbons (Fsp3) is 0.467. The quantitative estimate of drug-likeness (QED) is 0.784. The van der Waals surface area contributed by atoms with E-state index in [9.17, 15) is 9.59 Å². The van der Waals surface area contributed by atoms with Crippen LogP contribution in [0.2, 0.25) is 0 Å². The number of aryl methyl sites for hydroxylation is 1. The molecule has 0 fully saturated rings. The number of carbonyl (C=O) groups excluding carboxylic acids is 2. The predicted molar refractivity (Wildman–Crippen MR) is 79.5 cm³/mol. The number of rotatable bonds is 4. The van der Waals surface area contributed by atoms with Crippen molar-refractivity contribution < 1.29 is 9.59 Å². The molecule has 0 saturated heterocycles. The number of hydrogen-bond donors (Lipinski definition) is 3. The maximum Gasteiger partial charge on any atom is 0.241 e. The van der Waals surface area contributed by atoms with Crippen molar-refractivity contribution in [1.29, 1.82) is 0 Å². The molecule has 1 aliphatic heterocycles. The van der Waals surface area contributed by atoms with Crippen molar-refractivity contribution in [3.63, 3.8) is 0 Å². The molecule has 1 heterocycles. The maximum absolute atomic E-state index is 12.0. The Morgan fingerprint density at radius 2 is 2.15 bits per heavy atom. The van der Waals surface area contributed by atoms with Crippen LogP contribution >= 0.6 is 0 Å². The highest BCUT2D eigenvalue weighted by Gasteiger charge is 2.17. The minimum atomic E-state index is -0.495. The Morgan fingerprint density at radius 3 is 2.85 bits per heavy atom. The first-order chi connectivity index (χ1) is 9.45. The van der Waals surface area contributed by atoms with Crippen molar-refractivity contribution in [3.05, 3.63) is 23.8 Å². The Labute approximate surface area is 118 Å². The van der Waals surface area contributed by atoms with Gasteiger partial charge in [0, 0.05) is 17.8 Å². The highest BCUT2D eigenvalue weighted by Crippen LogP contribution is 2.25. The lowest BCUT2D eigenvalue weighted by atomic mass is 10.0. The van der Waals surface area contributed by atoms with E-state index in [1.807, 2.05) is 26.0 Å². The number of benzene rings is 1. The van der Waals surface area contributed by atoms with Crippen molar-refractivity contribution in [2.45, 2.75) is 39.2 Å².